The van der Waals surface area contributed by atoms with Gasteiger partial charge in [-0.2, -0.15) is 5.10 Å². The Morgan fingerprint density at radius 3 is 2.83 bits per heavy atom. The van der Waals surface area contributed by atoms with Crippen LogP contribution in [0.1, 0.15) is 23.3 Å². The number of imidazole rings is 1. The smallest absolute Gasteiger partial charge is 0.267 e. The first-order valence-electron chi connectivity index (χ1n) is 7.88. The van der Waals surface area contributed by atoms with Gasteiger partial charge in [-0.3, -0.25) is 9.59 Å². The molecule has 0 aromatic carbocycles. The van der Waals surface area contributed by atoms with E-state index in [1.807, 2.05) is 24.7 Å². The van der Waals surface area contributed by atoms with Gasteiger partial charge in [-0.05, 0) is 19.9 Å². The Bertz CT molecular complexity index is 810. The molecule has 2 aromatic heterocycles. The third-order valence-corrected chi connectivity index (χ3v) is 4.02. The van der Waals surface area contributed by atoms with Crippen molar-refractivity contribution in [2.24, 2.45) is 7.05 Å². The van der Waals surface area contributed by atoms with Gasteiger partial charge in [-0.15, -0.1) is 0 Å². The highest BCUT2D eigenvalue weighted by Crippen LogP contribution is 2.21. The number of aromatic nitrogens is 4. The molecule has 128 valence electrons. The lowest BCUT2D eigenvalue weighted by Crippen LogP contribution is -2.45. The minimum Gasteiger partial charge on any atom is -0.367 e. The van der Waals surface area contributed by atoms with Gasteiger partial charge in [0.2, 0.25) is 5.91 Å². The van der Waals surface area contributed by atoms with Gasteiger partial charge in [0.25, 0.3) is 5.56 Å². The van der Waals surface area contributed by atoms with E-state index in [4.69, 9.17) is 4.74 Å². The van der Waals surface area contributed by atoms with E-state index in [0.717, 1.165) is 11.5 Å². The standard InChI is InChI=1S/C16H21N5O3/c1-11-4-5-14(22)21(18-11)10-15(23)20-6-7-24-13(9-20)16-17-12(2)8-19(16)3/h4-5,8,13H,6-7,9-10H2,1-3H3/t13-/m1/s1. The van der Waals surface area contributed by atoms with Crippen molar-refractivity contribution in [1.82, 2.24) is 24.2 Å². The highest BCUT2D eigenvalue weighted by atomic mass is 16.5. The number of morpholine rings is 1. The Hall–Kier alpha value is -2.48. The van der Waals surface area contributed by atoms with Gasteiger partial charge in [0.05, 0.1) is 24.5 Å². The van der Waals surface area contributed by atoms with E-state index in [9.17, 15) is 9.59 Å². The summed E-state index contributed by atoms with van der Waals surface area (Å²) in [5, 5.41) is 4.11. The summed E-state index contributed by atoms with van der Waals surface area (Å²) in [6.45, 7) is 5.01. The fourth-order valence-corrected chi connectivity index (χ4v) is 2.86. The molecular formula is C16H21N5O3. The second-order valence-electron chi connectivity index (χ2n) is 6.02. The van der Waals surface area contributed by atoms with Crippen LogP contribution in [-0.2, 0) is 23.1 Å². The minimum atomic E-state index is -0.279. The Morgan fingerprint density at radius 1 is 1.33 bits per heavy atom. The second-order valence-corrected chi connectivity index (χ2v) is 6.02. The number of hydrogen-bond donors (Lipinski definition) is 0. The average Bonchev–Trinajstić information content (AvgIpc) is 2.89. The van der Waals surface area contributed by atoms with Crippen LogP contribution in [0.5, 0.6) is 0 Å². The van der Waals surface area contributed by atoms with Crippen molar-refractivity contribution >= 4 is 5.91 Å². The van der Waals surface area contributed by atoms with Crippen molar-refractivity contribution in [3.8, 4) is 0 Å². The Balaban J connectivity index is 1.72. The van der Waals surface area contributed by atoms with Gasteiger partial charge >= 0.3 is 0 Å². The van der Waals surface area contributed by atoms with Crippen molar-refractivity contribution < 1.29 is 9.53 Å². The van der Waals surface area contributed by atoms with Crippen LogP contribution in [0.3, 0.4) is 0 Å². The van der Waals surface area contributed by atoms with Crippen LogP contribution in [-0.4, -0.2) is 49.8 Å². The summed E-state index contributed by atoms with van der Waals surface area (Å²) < 4.78 is 8.89. The van der Waals surface area contributed by atoms with Crippen LogP contribution in [0.25, 0.3) is 0 Å². The number of carbonyl (C=O) groups is 1. The predicted octanol–water partition coefficient (Wildman–Crippen LogP) is 0.194. The van der Waals surface area contributed by atoms with Gasteiger partial charge in [0, 0.05) is 25.9 Å². The van der Waals surface area contributed by atoms with E-state index in [0.29, 0.717) is 25.4 Å². The quantitative estimate of drug-likeness (QED) is 0.802. The van der Waals surface area contributed by atoms with Crippen LogP contribution in [0.15, 0.2) is 23.1 Å². The fraction of sp³-hybridized carbons (Fsp3) is 0.500. The van der Waals surface area contributed by atoms with Crippen molar-refractivity contribution in [3.05, 3.63) is 45.9 Å². The van der Waals surface area contributed by atoms with E-state index in [1.165, 1.54) is 10.7 Å². The summed E-state index contributed by atoms with van der Waals surface area (Å²) in [6, 6.07) is 3.06. The second kappa shape index (κ2) is 6.56. The summed E-state index contributed by atoms with van der Waals surface area (Å²) in [4.78, 5) is 30.5. The van der Waals surface area contributed by atoms with Gasteiger partial charge in [0.15, 0.2) is 0 Å². The topological polar surface area (TPSA) is 82.2 Å². The van der Waals surface area contributed by atoms with Crippen LogP contribution in [0.2, 0.25) is 0 Å². The third-order valence-electron chi connectivity index (χ3n) is 4.02. The molecule has 1 fully saturated rings. The molecule has 2 aromatic rings. The molecule has 1 saturated heterocycles. The summed E-state index contributed by atoms with van der Waals surface area (Å²) in [5.41, 5.74) is 1.33. The van der Waals surface area contributed by atoms with Gasteiger partial charge in [0.1, 0.15) is 18.5 Å². The molecule has 0 bridgehead atoms. The molecule has 24 heavy (non-hydrogen) atoms. The average molecular weight is 331 g/mol. The van der Waals surface area contributed by atoms with Crippen LogP contribution in [0, 0.1) is 13.8 Å². The van der Waals surface area contributed by atoms with E-state index >= 15 is 0 Å². The normalized spacial score (nSPS) is 18.0. The van der Waals surface area contributed by atoms with Gasteiger partial charge in [-0.25, -0.2) is 9.67 Å². The first-order valence-corrected chi connectivity index (χ1v) is 7.88. The third kappa shape index (κ3) is 3.38. The van der Waals surface area contributed by atoms with E-state index in [-0.39, 0.29) is 24.1 Å². The molecule has 1 atom stereocenters. The molecule has 1 aliphatic heterocycles. The zero-order valence-corrected chi connectivity index (χ0v) is 14.1. The summed E-state index contributed by atoms with van der Waals surface area (Å²) in [5.74, 6) is 0.658. The molecule has 8 nitrogen and oxygen atoms in total. The molecule has 8 heteroatoms. The summed E-state index contributed by atoms with van der Waals surface area (Å²) in [6.07, 6.45) is 1.67. The number of rotatable bonds is 3. The molecule has 1 aliphatic rings. The van der Waals surface area contributed by atoms with Crippen molar-refractivity contribution in [3.63, 3.8) is 0 Å². The lowest BCUT2D eigenvalue weighted by molar-refractivity contribution is -0.140. The van der Waals surface area contributed by atoms with Crippen LogP contribution >= 0.6 is 0 Å². The molecule has 0 aliphatic carbocycles. The zero-order chi connectivity index (χ0) is 17.3. The first-order chi connectivity index (χ1) is 11.4. The van der Waals surface area contributed by atoms with Crippen molar-refractivity contribution in [1.29, 1.82) is 0 Å². The number of nitrogens with zero attached hydrogens (tertiary/aromatic N) is 5. The summed E-state index contributed by atoms with van der Waals surface area (Å²) in [7, 11) is 1.91. The number of hydrogen-bond acceptors (Lipinski definition) is 5. The maximum atomic E-state index is 12.5. The van der Waals surface area contributed by atoms with Crippen molar-refractivity contribution in [2.75, 3.05) is 19.7 Å². The molecule has 0 saturated carbocycles. The van der Waals surface area contributed by atoms with E-state index in [1.54, 1.807) is 17.9 Å². The Labute approximate surface area is 139 Å². The largest absolute Gasteiger partial charge is 0.367 e. The number of ether oxygens (including phenoxy) is 1. The maximum absolute atomic E-state index is 12.5. The molecule has 0 N–H and O–H groups in total. The molecule has 0 unspecified atom stereocenters. The lowest BCUT2D eigenvalue weighted by Gasteiger charge is -2.32. The number of carbonyl (C=O) groups excluding carboxylic acids is 1. The molecule has 3 rings (SSSR count). The highest BCUT2D eigenvalue weighted by molar-refractivity contribution is 5.76. The monoisotopic (exact) mass is 331 g/mol. The van der Waals surface area contributed by atoms with Crippen LogP contribution in [0.4, 0.5) is 0 Å². The molecular weight excluding hydrogens is 310 g/mol. The zero-order valence-electron chi connectivity index (χ0n) is 14.1. The number of aryl methyl sites for hydroxylation is 3. The van der Waals surface area contributed by atoms with E-state index < -0.39 is 0 Å². The number of amides is 1. The SMILES string of the molecule is Cc1cn(C)c([C@H]2CN(C(=O)Cn3nc(C)ccc3=O)CCO2)n1. The molecule has 3 heterocycles. The molecule has 0 spiro atoms. The summed E-state index contributed by atoms with van der Waals surface area (Å²) >= 11 is 0. The molecule has 1 amide bonds. The fourth-order valence-electron chi connectivity index (χ4n) is 2.86. The van der Waals surface area contributed by atoms with Crippen LogP contribution < -0.4 is 5.56 Å². The molecule has 0 radical (unpaired) electrons. The van der Waals surface area contributed by atoms with Crippen molar-refractivity contribution in [2.45, 2.75) is 26.5 Å². The lowest BCUT2D eigenvalue weighted by atomic mass is 10.2. The Morgan fingerprint density at radius 2 is 2.12 bits per heavy atom. The predicted molar refractivity (Wildman–Crippen MR) is 86.5 cm³/mol. The van der Waals surface area contributed by atoms with Gasteiger partial charge < -0.3 is 14.2 Å². The Kier molecular flexibility index (Phi) is 4.48. The van der Waals surface area contributed by atoms with Gasteiger partial charge in [-0.1, -0.05) is 0 Å². The first kappa shape index (κ1) is 16.4. The van der Waals surface area contributed by atoms with E-state index in [2.05, 4.69) is 10.1 Å². The minimum absolute atomic E-state index is 0.0627. The highest BCUT2D eigenvalue weighted by Gasteiger charge is 2.28. The maximum Gasteiger partial charge on any atom is 0.267 e.